The summed E-state index contributed by atoms with van der Waals surface area (Å²) in [4.78, 5) is 4.21. The van der Waals surface area contributed by atoms with E-state index < -0.39 is 0 Å². The molecule has 0 aliphatic heterocycles. The predicted molar refractivity (Wildman–Crippen MR) is 71.5 cm³/mol. The Morgan fingerprint density at radius 1 is 1.28 bits per heavy atom. The molecule has 2 aromatic rings. The van der Waals surface area contributed by atoms with Crippen LogP contribution in [0.15, 0.2) is 22.7 Å². The monoisotopic (exact) mass is 299 g/mol. The van der Waals surface area contributed by atoms with Crippen LogP contribution < -0.4 is 0 Å². The summed E-state index contributed by atoms with van der Waals surface area (Å²) in [6.07, 6.45) is 0. The number of rotatable bonds is 4. The summed E-state index contributed by atoms with van der Waals surface area (Å²) in [5.74, 6) is 1.81. The summed E-state index contributed by atoms with van der Waals surface area (Å²) < 4.78 is 5.07. The fourth-order valence-corrected chi connectivity index (χ4v) is 2.31. The van der Waals surface area contributed by atoms with E-state index in [9.17, 15) is 0 Å². The van der Waals surface area contributed by atoms with Gasteiger partial charge < -0.3 is 4.52 Å². The van der Waals surface area contributed by atoms with E-state index in [2.05, 4.69) is 10.1 Å². The van der Waals surface area contributed by atoms with Crippen LogP contribution in [0.3, 0.4) is 0 Å². The Morgan fingerprint density at radius 2 is 2.00 bits per heavy atom. The molecular formula is C11H7Cl2N3OS. The third kappa shape index (κ3) is 3.39. The molecule has 2 rings (SSSR count). The van der Waals surface area contributed by atoms with Gasteiger partial charge in [0.25, 0.3) is 0 Å². The zero-order valence-corrected chi connectivity index (χ0v) is 11.4. The summed E-state index contributed by atoms with van der Waals surface area (Å²) in [6.45, 7) is 0. The molecule has 0 spiro atoms. The topological polar surface area (TPSA) is 62.7 Å². The summed E-state index contributed by atoms with van der Waals surface area (Å²) in [5.41, 5.74) is 0.702. The molecule has 1 aromatic heterocycles. The lowest BCUT2D eigenvalue weighted by Crippen LogP contribution is -1.84. The highest BCUT2D eigenvalue weighted by atomic mass is 35.5. The van der Waals surface area contributed by atoms with E-state index in [1.165, 1.54) is 11.8 Å². The van der Waals surface area contributed by atoms with Crippen LogP contribution in [0.1, 0.15) is 5.89 Å². The first-order valence-corrected chi connectivity index (χ1v) is 6.84. The van der Waals surface area contributed by atoms with Gasteiger partial charge in [-0.05, 0) is 18.2 Å². The van der Waals surface area contributed by atoms with Crippen LogP contribution in [-0.2, 0) is 5.75 Å². The molecule has 0 saturated carbocycles. The smallest absolute Gasteiger partial charge is 0.236 e. The highest BCUT2D eigenvalue weighted by Gasteiger charge is 2.10. The minimum absolute atomic E-state index is 0.390. The van der Waals surface area contributed by atoms with Gasteiger partial charge in [0.1, 0.15) is 0 Å². The largest absolute Gasteiger partial charge is 0.338 e. The van der Waals surface area contributed by atoms with Gasteiger partial charge in [-0.3, -0.25) is 0 Å². The van der Waals surface area contributed by atoms with Gasteiger partial charge in [0.2, 0.25) is 11.7 Å². The van der Waals surface area contributed by atoms with Crippen molar-refractivity contribution >= 4 is 35.0 Å². The molecule has 0 amide bonds. The fourth-order valence-electron chi connectivity index (χ4n) is 1.30. The van der Waals surface area contributed by atoms with Crippen molar-refractivity contribution in [3.05, 3.63) is 34.1 Å². The SMILES string of the molecule is N#CCSCc1nc(-c2cc(Cl)cc(Cl)c2)no1. The molecule has 0 unspecified atom stereocenters. The molecule has 0 saturated heterocycles. The highest BCUT2D eigenvalue weighted by molar-refractivity contribution is 7.98. The van der Waals surface area contributed by atoms with E-state index in [4.69, 9.17) is 33.0 Å². The first kappa shape index (κ1) is 13.2. The average Bonchev–Trinajstić information content (AvgIpc) is 2.77. The second kappa shape index (κ2) is 6.10. The molecule has 1 aromatic carbocycles. The fraction of sp³-hybridized carbons (Fsp3) is 0.182. The summed E-state index contributed by atoms with van der Waals surface area (Å²) >= 11 is 13.2. The van der Waals surface area contributed by atoms with Crippen LogP contribution in [0.4, 0.5) is 0 Å². The summed E-state index contributed by atoms with van der Waals surface area (Å²) in [7, 11) is 0. The number of thioether (sulfide) groups is 1. The summed E-state index contributed by atoms with van der Waals surface area (Å²) in [6, 6.07) is 7.09. The van der Waals surface area contributed by atoms with Crippen LogP contribution >= 0.6 is 35.0 Å². The lowest BCUT2D eigenvalue weighted by atomic mass is 10.2. The van der Waals surface area contributed by atoms with Crippen molar-refractivity contribution in [1.82, 2.24) is 10.1 Å². The van der Waals surface area contributed by atoms with Crippen molar-refractivity contribution in [2.24, 2.45) is 0 Å². The standard InChI is InChI=1S/C11H7Cl2N3OS/c12-8-3-7(4-9(13)5-8)11-15-10(17-16-11)6-18-2-1-14/h3-5H,2,6H2. The molecule has 0 atom stereocenters. The van der Waals surface area contributed by atoms with Gasteiger partial charge in [0.15, 0.2) is 0 Å². The normalized spacial score (nSPS) is 10.3. The first-order chi connectivity index (χ1) is 8.69. The van der Waals surface area contributed by atoms with Gasteiger partial charge in [0, 0.05) is 15.6 Å². The lowest BCUT2D eigenvalue weighted by molar-refractivity contribution is 0.392. The van der Waals surface area contributed by atoms with Crippen LogP contribution in [0, 0.1) is 11.3 Å². The van der Waals surface area contributed by atoms with E-state index in [-0.39, 0.29) is 0 Å². The van der Waals surface area contributed by atoms with Gasteiger partial charge in [-0.2, -0.15) is 10.2 Å². The van der Waals surface area contributed by atoms with Gasteiger partial charge in [-0.25, -0.2) is 0 Å². The molecule has 92 valence electrons. The Labute approximate surface area is 118 Å². The van der Waals surface area contributed by atoms with Crippen LogP contribution in [0.2, 0.25) is 10.0 Å². The first-order valence-electron chi connectivity index (χ1n) is 4.93. The quantitative estimate of drug-likeness (QED) is 0.804. The molecule has 18 heavy (non-hydrogen) atoms. The van der Waals surface area contributed by atoms with Crippen LogP contribution in [0.5, 0.6) is 0 Å². The molecule has 0 aliphatic carbocycles. The highest BCUT2D eigenvalue weighted by Crippen LogP contribution is 2.25. The second-order valence-electron chi connectivity index (χ2n) is 3.32. The molecule has 1 heterocycles. The van der Waals surface area contributed by atoms with Crippen molar-refractivity contribution in [3.8, 4) is 17.5 Å². The number of nitrogens with zero attached hydrogens (tertiary/aromatic N) is 3. The number of halogens is 2. The molecule has 0 N–H and O–H groups in total. The molecule has 7 heteroatoms. The van der Waals surface area contributed by atoms with E-state index in [0.717, 1.165) is 0 Å². The number of hydrogen-bond donors (Lipinski definition) is 0. The van der Waals surface area contributed by atoms with E-state index in [1.54, 1.807) is 18.2 Å². The van der Waals surface area contributed by atoms with E-state index >= 15 is 0 Å². The maximum atomic E-state index is 8.42. The zero-order chi connectivity index (χ0) is 13.0. The Kier molecular flexibility index (Phi) is 4.48. The summed E-state index contributed by atoms with van der Waals surface area (Å²) in [5, 5.41) is 13.3. The molecule has 4 nitrogen and oxygen atoms in total. The Morgan fingerprint density at radius 3 is 2.67 bits per heavy atom. The number of hydrogen-bond acceptors (Lipinski definition) is 5. The van der Waals surface area contributed by atoms with Crippen molar-refractivity contribution < 1.29 is 4.52 Å². The minimum atomic E-state index is 0.390. The Balaban J connectivity index is 2.16. The van der Waals surface area contributed by atoms with Gasteiger partial charge in [-0.15, -0.1) is 11.8 Å². The number of aromatic nitrogens is 2. The number of nitriles is 1. The van der Waals surface area contributed by atoms with Crippen LogP contribution in [-0.4, -0.2) is 15.9 Å². The van der Waals surface area contributed by atoms with Crippen molar-refractivity contribution in [2.45, 2.75) is 5.75 Å². The van der Waals surface area contributed by atoms with Gasteiger partial charge in [-0.1, -0.05) is 28.4 Å². The maximum Gasteiger partial charge on any atom is 0.236 e. The van der Waals surface area contributed by atoms with E-state index in [1.807, 2.05) is 6.07 Å². The van der Waals surface area contributed by atoms with Gasteiger partial charge >= 0.3 is 0 Å². The second-order valence-corrected chi connectivity index (χ2v) is 5.18. The molecule has 0 fully saturated rings. The van der Waals surface area contributed by atoms with Gasteiger partial charge in [0.05, 0.1) is 17.6 Å². The minimum Gasteiger partial charge on any atom is -0.338 e. The lowest BCUT2D eigenvalue weighted by Gasteiger charge is -1.97. The number of benzene rings is 1. The predicted octanol–water partition coefficient (Wildman–Crippen LogP) is 3.80. The van der Waals surface area contributed by atoms with Crippen molar-refractivity contribution in [2.75, 3.05) is 5.75 Å². The molecule has 0 radical (unpaired) electrons. The van der Waals surface area contributed by atoms with E-state index in [0.29, 0.717) is 38.8 Å². The third-order valence-corrected chi connectivity index (χ3v) is 3.20. The third-order valence-electron chi connectivity index (χ3n) is 1.98. The Hall–Kier alpha value is -1.22. The Bertz CT molecular complexity index is 574. The van der Waals surface area contributed by atoms with Crippen LogP contribution in [0.25, 0.3) is 11.4 Å². The zero-order valence-electron chi connectivity index (χ0n) is 9.06. The molecular weight excluding hydrogens is 293 g/mol. The maximum absolute atomic E-state index is 8.42. The van der Waals surface area contributed by atoms with Crippen molar-refractivity contribution in [1.29, 1.82) is 5.26 Å². The molecule has 0 bridgehead atoms. The average molecular weight is 300 g/mol. The van der Waals surface area contributed by atoms with Crippen molar-refractivity contribution in [3.63, 3.8) is 0 Å². The molecule has 0 aliphatic rings.